The molecule has 0 aromatic heterocycles. The lowest BCUT2D eigenvalue weighted by Crippen LogP contribution is -2.49. The van der Waals surface area contributed by atoms with Gasteiger partial charge in [0.2, 0.25) is 0 Å². The SMILES string of the molecule is CCC(CC)(CCC=C[C@](C)(OC(=O)OC)C1CCC2C(OC(=O)OC)CCCC21C)OCOC. The summed E-state index contributed by atoms with van der Waals surface area (Å²) in [4.78, 5) is 24.1. The predicted octanol–water partition coefficient (Wildman–Crippen LogP) is 6.41. The van der Waals surface area contributed by atoms with Crippen molar-refractivity contribution in [2.24, 2.45) is 17.3 Å². The lowest BCUT2D eigenvalue weighted by atomic mass is 9.60. The van der Waals surface area contributed by atoms with Gasteiger partial charge in [0.05, 0.1) is 19.8 Å². The molecule has 2 aliphatic carbocycles. The minimum absolute atomic E-state index is 0.0613. The molecular weight excluding hydrogens is 452 g/mol. The van der Waals surface area contributed by atoms with E-state index in [0.29, 0.717) is 0 Å². The second-order valence-electron chi connectivity index (χ2n) is 10.4. The molecule has 2 fully saturated rings. The quantitative estimate of drug-likeness (QED) is 0.173. The molecule has 8 nitrogen and oxygen atoms in total. The zero-order chi connectivity index (χ0) is 26.1. The van der Waals surface area contributed by atoms with Gasteiger partial charge in [0.1, 0.15) is 18.5 Å². The number of carbonyl (C=O) groups excluding carboxylic acids is 2. The highest BCUT2D eigenvalue weighted by Gasteiger charge is 2.58. The third-order valence-electron chi connectivity index (χ3n) is 8.63. The topological polar surface area (TPSA) is 89.5 Å². The molecular formula is C27H46O8. The first-order valence-electron chi connectivity index (χ1n) is 13.0. The van der Waals surface area contributed by atoms with Gasteiger partial charge >= 0.3 is 12.3 Å². The molecule has 0 bridgehead atoms. The molecule has 2 rings (SSSR count). The van der Waals surface area contributed by atoms with Gasteiger partial charge in [-0.3, -0.25) is 0 Å². The van der Waals surface area contributed by atoms with Crippen LogP contribution in [0.5, 0.6) is 0 Å². The fraction of sp³-hybridized carbons (Fsp3) is 0.852. The molecule has 0 saturated heterocycles. The Morgan fingerprint density at radius 2 is 1.71 bits per heavy atom. The van der Waals surface area contributed by atoms with Crippen molar-refractivity contribution in [2.75, 3.05) is 28.1 Å². The van der Waals surface area contributed by atoms with E-state index in [1.165, 1.54) is 14.2 Å². The summed E-state index contributed by atoms with van der Waals surface area (Å²) >= 11 is 0. The van der Waals surface area contributed by atoms with E-state index in [2.05, 4.69) is 26.8 Å². The number of hydrogen-bond acceptors (Lipinski definition) is 8. The average Bonchev–Trinajstić information content (AvgIpc) is 3.22. The maximum atomic E-state index is 12.3. The molecule has 0 aliphatic heterocycles. The molecule has 0 heterocycles. The molecule has 2 saturated carbocycles. The highest BCUT2D eigenvalue weighted by Crippen LogP contribution is 2.60. The Morgan fingerprint density at radius 1 is 1.03 bits per heavy atom. The van der Waals surface area contributed by atoms with Crippen LogP contribution in [0.25, 0.3) is 0 Å². The fourth-order valence-corrected chi connectivity index (χ4v) is 6.54. The minimum Gasteiger partial charge on any atom is -0.438 e. The molecule has 2 aliphatic rings. The van der Waals surface area contributed by atoms with Crippen LogP contribution in [0.4, 0.5) is 9.59 Å². The standard InChI is InChI=1S/C27H46O8/c1-8-27(9-2,33-19-30-5)18-11-10-17-26(4,35-24(29)32-7)22-15-14-20-21(34-23(28)31-6)13-12-16-25(20,22)3/h10,17,20-22H,8-9,11-16,18-19H2,1-7H3/t20?,21?,22?,25?,26-/m0/s1. The zero-order valence-corrected chi connectivity index (χ0v) is 22.7. The van der Waals surface area contributed by atoms with Gasteiger partial charge in [-0.05, 0) is 76.2 Å². The molecule has 5 atom stereocenters. The third-order valence-corrected chi connectivity index (χ3v) is 8.63. The van der Waals surface area contributed by atoms with Crippen molar-refractivity contribution >= 4 is 12.3 Å². The summed E-state index contributed by atoms with van der Waals surface area (Å²) in [6.45, 7) is 8.74. The normalized spacial score (nSPS) is 28.3. The number of hydrogen-bond donors (Lipinski definition) is 0. The first-order valence-corrected chi connectivity index (χ1v) is 13.0. The maximum absolute atomic E-state index is 12.3. The van der Waals surface area contributed by atoms with Crippen LogP contribution >= 0.6 is 0 Å². The lowest BCUT2D eigenvalue weighted by molar-refractivity contribution is -0.137. The average molecular weight is 499 g/mol. The molecule has 0 aromatic rings. The third kappa shape index (κ3) is 6.91. The van der Waals surface area contributed by atoms with Gasteiger partial charge in [-0.1, -0.05) is 26.8 Å². The largest absolute Gasteiger partial charge is 0.508 e. The monoisotopic (exact) mass is 498 g/mol. The van der Waals surface area contributed by atoms with Gasteiger partial charge in [0.15, 0.2) is 0 Å². The summed E-state index contributed by atoms with van der Waals surface area (Å²) in [5.74, 6) is 0.246. The molecule has 0 N–H and O–H groups in total. The van der Waals surface area contributed by atoms with Crippen molar-refractivity contribution < 1.29 is 38.0 Å². The molecule has 0 spiro atoms. The van der Waals surface area contributed by atoms with Gasteiger partial charge in [-0.25, -0.2) is 9.59 Å². The lowest BCUT2D eigenvalue weighted by Gasteiger charge is -2.48. The second kappa shape index (κ2) is 12.9. The molecule has 35 heavy (non-hydrogen) atoms. The van der Waals surface area contributed by atoms with Crippen LogP contribution in [-0.2, 0) is 28.4 Å². The number of carbonyl (C=O) groups is 2. The van der Waals surface area contributed by atoms with Crippen LogP contribution in [0.2, 0.25) is 0 Å². The van der Waals surface area contributed by atoms with Crippen molar-refractivity contribution in [3.8, 4) is 0 Å². The highest BCUT2D eigenvalue weighted by molar-refractivity contribution is 5.61. The Hall–Kier alpha value is -1.80. The zero-order valence-electron chi connectivity index (χ0n) is 22.7. The van der Waals surface area contributed by atoms with Crippen LogP contribution in [-0.4, -0.2) is 57.7 Å². The molecule has 8 heteroatoms. The molecule has 4 unspecified atom stereocenters. The number of ether oxygens (including phenoxy) is 6. The Morgan fingerprint density at radius 3 is 2.31 bits per heavy atom. The van der Waals surface area contributed by atoms with Crippen LogP contribution in [0.15, 0.2) is 12.2 Å². The van der Waals surface area contributed by atoms with Gasteiger partial charge in [-0.15, -0.1) is 0 Å². The summed E-state index contributed by atoms with van der Waals surface area (Å²) in [6.07, 6.45) is 10.5. The molecule has 0 aromatic carbocycles. The number of methoxy groups -OCH3 is 3. The van der Waals surface area contributed by atoms with E-state index < -0.39 is 17.9 Å². The van der Waals surface area contributed by atoms with Crippen LogP contribution < -0.4 is 0 Å². The maximum Gasteiger partial charge on any atom is 0.508 e. The first kappa shape index (κ1) is 29.4. The Balaban J connectivity index is 2.23. The predicted molar refractivity (Wildman–Crippen MR) is 132 cm³/mol. The number of rotatable bonds is 12. The summed E-state index contributed by atoms with van der Waals surface area (Å²) in [5, 5.41) is 0. The van der Waals surface area contributed by atoms with Gasteiger partial charge < -0.3 is 28.4 Å². The van der Waals surface area contributed by atoms with Crippen molar-refractivity contribution in [3.05, 3.63) is 12.2 Å². The van der Waals surface area contributed by atoms with Crippen LogP contribution in [0.1, 0.15) is 85.5 Å². The highest BCUT2D eigenvalue weighted by atomic mass is 16.7. The summed E-state index contributed by atoms with van der Waals surface area (Å²) in [6, 6.07) is 0. The smallest absolute Gasteiger partial charge is 0.438 e. The number of allylic oxidation sites excluding steroid dienone is 1. The van der Waals surface area contributed by atoms with E-state index in [0.717, 1.165) is 57.8 Å². The van der Waals surface area contributed by atoms with Crippen LogP contribution in [0, 0.1) is 17.3 Å². The van der Waals surface area contributed by atoms with Crippen molar-refractivity contribution in [1.82, 2.24) is 0 Å². The van der Waals surface area contributed by atoms with Gasteiger partial charge in [0, 0.05) is 18.9 Å². The van der Waals surface area contributed by atoms with Crippen molar-refractivity contribution in [1.29, 1.82) is 0 Å². The van der Waals surface area contributed by atoms with E-state index in [-0.39, 0.29) is 35.7 Å². The minimum atomic E-state index is -0.849. The fourth-order valence-electron chi connectivity index (χ4n) is 6.54. The van der Waals surface area contributed by atoms with E-state index in [1.54, 1.807) is 7.11 Å². The molecule has 0 radical (unpaired) electrons. The Kier molecular flexibility index (Phi) is 10.9. The van der Waals surface area contributed by atoms with E-state index in [4.69, 9.17) is 28.4 Å². The second-order valence-corrected chi connectivity index (χ2v) is 10.4. The summed E-state index contributed by atoms with van der Waals surface area (Å²) in [5.41, 5.74) is -1.24. The summed E-state index contributed by atoms with van der Waals surface area (Å²) < 4.78 is 32.4. The van der Waals surface area contributed by atoms with Crippen molar-refractivity contribution in [2.45, 2.75) is 103 Å². The van der Waals surface area contributed by atoms with E-state index in [9.17, 15) is 9.59 Å². The number of fused-ring (bicyclic) bond motifs is 1. The van der Waals surface area contributed by atoms with Gasteiger partial charge in [0.25, 0.3) is 0 Å². The van der Waals surface area contributed by atoms with Crippen LogP contribution in [0.3, 0.4) is 0 Å². The van der Waals surface area contributed by atoms with E-state index in [1.807, 2.05) is 13.0 Å². The molecule has 202 valence electrons. The van der Waals surface area contributed by atoms with Crippen molar-refractivity contribution in [3.63, 3.8) is 0 Å². The Bertz CT molecular complexity index is 718. The molecule has 0 amide bonds. The van der Waals surface area contributed by atoms with E-state index >= 15 is 0 Å². The summed E-state index contributed by atoms with van der Waals surface area (Å²) in [7, 11) is 4.30. The Labute approximate surface area is 211 Å². The first-order chi connectivity index (χ1) is 16.6. The van der Waals surface area contributed by atoms with Gasteiger partial charge in [-0.2, -0.15) is 0 Å².